The van der Waals surface area contributed by atoms with E-state index in [1.54, 1.807) is 23.3 Å². The number of carbonyl (C=O) groups excluding carboxylic acids is 1. The van der Waals surface area contributed by atoms with Crippen molar-refractivity contribution in [3.63, 3.8) is 0 Å². The van der Waals surface area contributed by atoms with E-state index >= 15 is 0 Å². The van der Waals surface area contributed by atoms with E-state index in [0.717, 1.165) is 57.2 Å². The van der Waals surface area contributed by atoms with Gasteiger partial charge < -0.3 is 30.2 Å². The fourth-order valence-electron chi connectivity index (χ4n) is 3.80. The Balaban J connectivity index is 1.49. The molecule has 0 spiro atoms. The normalized spacial score (nSPS) is 12.1. The van der Waals surface area contributed by atoms with Gasteiger partial charge in [-0.2, -0.15) is 0 Å². The maximum atomic E-state index is 12.5. The molecule has 2 rings (SSSR count). The number of furan rings is 1. The van der Waals surface area contributed by atoms with Gasteiger partial charge in [-0.1, -0.05) is 36.0 Å². The molecule has 0 radical (unpaired) electrons. The molecule has 0 aliphatic rings. The number of nitrogens with zero attached hydrogens (tertiary/aromatic N) is 1. The van der Waals surface area contributed by atoms with Crippen molar-refractivity contribution in [2.24, 2.45) is 0 Å². The van der Waals surface area contributed by atoms with Crippen LogP contribution in [-0.4, -0.2) is 55.3 Å². The quantitative estimate of drug-likeness (QED) is 0.186. The minimum absolute atomic E-state index is 0.0426. The molecule has 9 heteroatoms. The zero-order valence-electron chi connectivity index (χ0n) is 20.8. The SMILES string of the molecule is CCN(CC)C(=O)c1occc1CCCOCCCCCCNCC(O)c1cc(Cl)c(N)c(Cl)c1. The third-order valence-electron chi connectivity index (χ3n) is 5.94. The van der Waals surface area contributed by atoms with Crippen LogP contribution in [0, 0.1) is 0 Å². The molecule has 1 atom stereocenters. The number of carbonyl (C=O) groups is 1. The van der Waals surface area contributed by atoms with E-state index in [1.165, 1.54) is 0 Å². The van der Waals surface area contributed by atoms with Crippen LogP contribution in [0.3, 0.4) is 0 Å². The maximum absolute atomic E-state index is 12.5. The first-order chi connectivity index (χ1) is 16.9. The van der Waals surface area contributed by atoms with E-state index < -0.39 is 6.10 Å². The Morgan fingerprint density at radius 1 is 1.11 bits per heavy atom. The van der Waals surface area contributed by atoms with Gasteiger partial charge in [-0.3, -0.25) is 4.79 Å². The molecule has 0 saturated carbocycles. The van der Waals surface area contributed by atoms with Gasteiger partial charge in [0.2, 0.25) is 0 Å². The van der Waals surface area contributed by atoms with Crippen LogP contribution < -0.4 is 11.1 Å². The Hall–Kier alpha value is -1.77. The van der Waals surface area contributed by atoms with Crippen molar-refractivity contribution in [1.82, 2.24) is 10.2 Å². The smallest absolute Gasteiger partial charge is 0.289 e. The van der Waals surface area contributed by atoms with Crippen LogP contribution in [-0.2, 0) is 11.2 Å². The number of aliphatic hydroxyl groups is 1. The van der Waals surface area contributed by atoms with E-state index in [9.17, 15) is 9.90 Å². The highest BCUT2D eigenvalue weighted by molar-refractivity contribution is 6.38. The Morgan fingerprint density at radius 2 is 1.77 bits per heavy atom. The Labute approximate surface area is 218 Å². The molecule has 1 aromatic carbocycles. The van der Waals surface area contributed by atoms with E-state index in [4.69, 9.17) is 38.1 Å². The number of ether oxygens (including phenoxy) is 1. The van der Waals surface area contributed by atoms with Crippen LogP contribution >= 0.6 is 23.2 Å². The fraction of sp³-hybridized carbons (Fsp3) is 0.577. The van der Waals surface area contributed by atoms with Gasteiger partial charge in [-0.05, 0) is 69.8 Å². The molecular weight excluding hydrogens is 489 g/mol. The molecule has 0 saturated heterocycles. The predicted molar refractivity (Wildman–Crippen MR) is 142 cm³/mol. The third kappa shape index (κ3) is 9.66. The summed E-state index contributed by atoms with van der Waals surface area (Å²) in [5.41, 5.74) is 7.66. The summed E-state index contributed by atoms with van der Waals surface area (Å²) in [5, 5.41) is 14.3. The van der Waals surface area contributed by atoms with Gasteiger partial charge in [0, 0.05) is 38.4 Å². The molecule has 4 N–H and O–H groups in total. The van der Waals surface area contributed by atoms with Crippen LogP contribution in [0.5, 0.6) is 0 Å². The molecule has 35 heavy (non-hydrogen) atoms. The second-order valence-electron chi connectivity index (χ2n) is 8.50. The molecule has 1 heterocycles. The molecular formula is C26H39Cl2N3O4. The Morgan fingerprint density at radius 3 is 2.46 bits per heavy atom. The molecule has 1 aromatic heterocycles. The van der Waals surface area contributed by atoms with E-state index in [2.05, 4.69) is 5.32 Å². The lowest BCUT2D eigenvalue weighted by molar-refractivity contribution is 0.0739. The summed E-state index contributed by atoms with van der Waals surface area (Å²) in [6.45, 7) is 7.94. The predicted octanol–water partition coefficient (Wildman–Crippen LogP) is 5.48. The highest BCUT2D eigenvalue weighted by Crippen LogP contribution is 2.31. The van der Waals surface area contributed by atoms with E-state index in [0.29, 0.717) is 53.3 Å². The number of aryl methyl sites for hydroxylation is 1. The molecule has 196 valence electrons. The molecule has 7 nitrogen and oxygen atoms in total. The lowest BCUT2D eigenvalue weighted by atomic mass is 10.1. The first-order valence-corrected chi connectivity index (χ1v) is 13.2. The van der Waals surface area contributed by atoms with Crippen LogP contribution in [0.1, 0.15) is 73.7 Å². The average molecular weight is 529 g/mol. The number of unbranched alkanes of at least 4 members (excludes halogenated alkanes) is 3. The highest BCUT2D eigenvalue weighted by Gasteiger charge is 2.19. The number of aliphatic hydroxyl groups excluding tert-OH is 1. The highest BCUT2D eigenvalue weighted by atomic mass is 35.5. The molecule has 1 unspecified atom stereocenters. The average Bonchev–Trinajstić information content (AvgIpc) is 3.32. The van der Waals surface area contributed by atoms with Gasteiger partial charge >= 0.3 is 0 Å². The van der Waals surface area contributed by atoms with Crippen molar-refractivity contribution in [2.75, 3.05) is 45.1 Å². The number of amides is 1. The molecule has 2 aromatic rings. The summed E-state index contributed by atoms with van der Waals surface area (Å²) in [7, 11) is 0. The minimum Gasteiger partial charge on any atom is -0.459 e. The van der Waals surface area contributed by atoms with Crippen molar-refractivity contribution >= 4 is 34.8 Å². The van der Waals surface area contributed by atoms with Crippen LogP contribution in [0.25, 0.3) is 0 Å². The number of halogens is 2. The summed E-state index contributed by atoms with van der Waals surface area (Å²) >= 11 is 12.1. The van der Waals surface area contributed by atoms with Gasteiger partial charge in [-0.15, -0.1) is 0 Å². The lowest BCUT2D eigenvalue weighted by Crippen LogP contribution is -2.30. The van der Waals surface area contributed by atoms with Gasteiger partial charge in [0.05, 0.1) is 28.1 Å². The first kappa shape index (κ1) is 29.5. The lowest BCUT2D eigenvalue weighted by Gasteiger charge is -2.17. The summed E-state index contributed by atoms with van der Waals surface area (Å²) in [6, 6.07) is 5.17. The molecule has 0 bridgehead atoms. The zero-order valence-corrected chi connectivity index (χ0v) is 22.3. The number of nitrogen functional groups attached to an aromatic ring is 1. The molecule has 0 aliphatic heterocycles. The number of rotatable bonds is 17. The number of anilines is 1. The minimum atomic E-state index is -0.688. The van der Waals surface area contributed by atoms with Gasteiger partial charge in [0.1, 0.15) is 0 Å². The molecule has 0 aliphatic carbocycles. The van der Waals surface area contributed by atoms with Crippen molar-refractivity contribution < 1.29 is 19.1 Å². The third-order valence-corrected chi connectivity index (χ3v) is 6.57. The van der Waals surface area contributed by atoms with Gasteiger partial charge in [0.15, 0.2) is 5.76 Å². The van der Waals surface area contributed by atoms with E-state index in [-0.39, 0.29) is 5.91 Å². The van der Waals surface area contributed by atoms with Gasteiger partial charge in [-0.25, -0.2) is 0 Å². The van der Waals surface area contributed by atoms with Gasteiger partial charge in [0.25, 0.3) is 5.91 Å². The molecule has 0 fully saturated rings. The number of nitrogens with two attached hydrogens (primary N) is 1. The second-order valence-corrected chi connectivity index (χ2v) is 9.32. The van der Waals surface area contributed by atoms with Crippen molar-refractivity contribution in [1.29, 1.82) is 0 Å². The summed E-state index contributed by atoms with van der Waals surface area (Å²) < 4.78 is 11.2. The zero-order chi connectivity index (χ0) is 25.6. The van der Waals surface area contributed by atoms with Crippen molar-refractivity contribution in [2.45, 2.75) is 58.5 Å². The van der Waals surface area contributed by atoms with E-state index in [1.807, 2.05) is 19.9 Å². The Bertz CT molecular complexity index is 879. The number of hydrogen-bond acceptors (Lipinski definition) is 6. The van der Waals surface area contributed by atoms with Crippen molar-refractivity contribution in [3.8, 4) is 0 Å². The largest absolute Gasteiger partial charge is 0.459 e. The first-order valence-electron chi connectivity index (χ1n) is 12.5. The standard InChI is InChI=1S/C26H39Cl2N3O4/c1-3-31(4-2)26(33)25-19(11-15-35-25)10-9-14-34-13-8-6-5-7-12-30-18-23(32)20-16-21(27)24(29)22(28)17-20/h11,15-17,23,30,32H,3-10,12-14,18,29H2,1-2H3. The summed E-state index contributed by atoms with van der Waals surface area (Å²) in [6.07, 6.45) is 6.76. The second kappa shape index (κ2) is 16.1. The summed E-state index contributed by atoms with van der Waals surface area (Å²) in [5.74, 6) is 0.412. The van der Waals surface area contributed by atoms with Crippen molar-refractivity contribution in [3.05, 3.63) is 51.4 Å². The number of hydrogen-bond donors (Lipinski definition) is 3. The van der Waals surface area contributed by atoms with Crippen LogP contribution in [0.2, 0.25) is 10.0 Å². The van der Waals surface area contributed by atoms with Crippen LogP contribution in [0.15, 0.2) is 28.9 Å². The summed E-state index contributed by atoms with van der Waals surface area (Å²) in [4.78, 5) is 14.3. The maximum Gasteiger partial charge on any atom is 0.289 e. The molecule has 1 amide bonds. The monoisotopic (exact) mass is 527 g/mol. The topological polar surface area (TPSA) is 101 Å². The number of benzene rings is 1. The van der Waals surface area contributed by atoms with Crippen LogP contribution in [0.4, 0.5) is 5.69 Å². The fourth-order valence-corrected chi connectivity index (χ4v) is 4.31. The Kier molecular flexibility index (Phi) is 13.5. The number of nitrogens with one attached hydrogen (secondary N) is 1.